The zero-order chi connectivity index (χ0) is 13.3. The molecular weight excluding hydrogens is 279 g/mol. The molecule has 0 fully saturated rings. The van der Waals surface area contributed by atoms with Gasteiger partial charge in [-0.15, -0.1) is 11.6 Å². The summed E-state index contributed by atoms with van der Waals surface area (Å²) in [4.78, 5) is 3.11. The molecule has 1 heterocycles. The van der Waals surface area contributed by atoms with Crippen molar-refractivity contribution in [2.45, 2.75) is 23.4 Å². The third-order valence-corrected chi connectivity index (χ3v) is 4.73. The van der Waals surface area contributed by atoms with Crippen LogP contribution in [0.3, 0.4) is 0 Å². The highest BCUT2D eigenvalue weighted by molar-refractivity contribution is 7.92. The minimum atomic E-state index is -4.67. The highest BCUT2D eigenvalue weighted by Crippen LogP contribution is 2.28. The molecule has 0 saturated heterocycles. The summed E-state index contributed by atoms with van der Waals surface area (Å²) in [5, 5.41) is -1.60. The Morgan fingerprint density at radius 2 is 2.00 bits per heavy atom. The van der Waals surface area contributed by atoms with E-state index in [1.807, 2.05) is 0 Å². The van der Waals surface area contributed by atoms with E-state index >= 15 is 0 Å². The van der Waals surface area contributed by atoms with Crippen molar-refractivity contribution in [1.29, 1.82) is 0 Å². The molecular formula is C9H9ClF3NO2S. The predicted octanol–water partition coefficient (Wildman–Crippen LogP) is 2.50. The van der Waals surface area contributed by atoms with Crippen molar-refractivity contribution in [3.63, 3.8) is 0 Å². The molecule has 0 amide bonds. The van der Waals surface area contributed by atoms with Gasteiger partial charge >= 0.3 is 6.18 Å². The number of hydrogen-bond acceptors (Lipinski definition) is 3. The van der Waals surface area contributed by atoms with E-state index in [-0.39, 0.29) is 5.88 Å². The molecule has 17 heavy (non-hydrogen) atoms. The first-order chi connectivity index (χ1) is 7.69. The lowest BCUT2D eigenvalue weighted by Gasteiger charge is -2.11. The molecule has 1 atom stereocenters. The van der Waals surface area contributed by atoms with Crippen LogP contribution in [0.15, 0.2) is 23.2 Å². The Labute approximate surface area is 102 Å². The van der Waals surface area contributed by atoms with Crippen molar-refractivity contribution in [2.75, 3.05) is 5.88 Å². The van der Waals surface area contributed by atoms with Gasteiger partial charge in [0, 0.05) is 5.88 Å². The molecule has 0 aliphatic rings. The number of alkyl halides is 4. The smallest absolute Gasteiger partial charge is 0.232 e. The van der Waals surface area contributed by atoms with Crippen LogP contribution in [-0.4, -0.2) is 24.5 Å². The van der Waals surface area contributed by atoms with Gasteiger partial charge in [0.15, 0.2) is 14.9 Å². The third kappa shape index (κ3) is 3.10. The fraction of sp³-hybridized carbons (Fsp3) is 0.444. The lowest BCUT2D eigenvalue weighted by molar-refractivity contribution is -0.141. The Bertz CT molecular complexity index is 501. The van der Waals surface area contributed by atoms with Gasteiger partial charge in [0.2, 0.25) is 0 Å². The summed E-state index contributed by atoms with van der Waals surface area (Å²) in [5.74, 6) is -0.208. The largest absolute Gasteiger partial charge is 0.433 e. The van der Waals surface area contributed by atoms with Crippen LogP contribution in [0.2, 0.25) is 0 Å². The molecule has 0 aromatic carbocycles. The van der Waals surface area contributed by atoms with E-state index in [2.05, 4.69) is 4.98 Å². The fourth-order valence-electron chi connectivity index (χ4n) is 1.02. The van der Waals surface area contributed by atoms with Crippen LogP contribution in [0.4, 0.5) is 13.2 Å². The Hall–Kier alpha value is -0.820. The summed E-state index contributed by atoms with van der Waals surface area (Å²) >= 11 is 5.39. The maximum atomic E-state index is 12.4. The van der Waals surface area contributed by atoms with Gasteiger partial charge in [-0.3, -0.25) is 0 Å². The SMILES string of the molecule is CC(CCl)S(=O)(=O)c1cccc(C(F)(F)F)n1. The van der Waals surface area contributed by atoms with Gasteiger partial charge in [-0.1, -0.05) is 6.07 Å². The van der Waals surface area contributed by atoms with Crippen LogP contribution in [0.1, 0.15) is 12.6 Å². The van der Waals surface area contributed by atoms with Gasteiger partial charge in [0.1, 0.15) is 5.69 Å². The maximum absolute atomic E-state index is 12.4. The monoisotopic (exact) mass is 287 g/mol. The average molecular weight is 288 g/mol. The summed E-state index contributed by atoms with van der Waals surface area (Å²) in [5.41, 5.74) is -1.24. The number of hydrogen-bond donors (Lipinski definition) is 0. The number of rotatable bonds is 3. The second kappa shape index (κ2) is 4.81. The lowest BCUT2D eigenvalue weighted by Crippen LogP contribution is -2.21. The van der Waals surface area contributed by atoms with E-state index in [1.54, 1.807) is 0 Å². The molecule has 1 rings (SSSR count). The second-order valence-corrected chi connectivity index (χ2v) is 5.99. The van der Waals surface area contributed by atoms with Gasteiger partial charge in [-0.25, -0.2) is 13.4 Å². The van der Waals surface area contributed by atoms with Gasteiger partial charge in [-0.2, -0.15) is 13.2 Å². The summed E-state index contributed by atoms with van der Waals surface area (Å²) in [7, 11) is -3.91. The Kier molecular flexibility index (Phi) is 4.03. The van der Waals surface area contributed by atoms with Crippen molar-refractivity contribution >= 4 is 21.4 Å². The molecule has 3 nitrogen and oxygen atoms in total. The van der Waals surface area contributed by atoms with Crippen LogP contribution in [0, 0.1) is 0 Å². The molecule has 0 radical (unpaired) electrons. The normalized spacial score (nSPS) is 14.6. The Balaban J connectivity index is 3.26. The number of sulfone groups is 1. The Morgan fingerprint density at radius 1 is 1.41 bits per heavy atom. The molecule has 0 N–H and O–H groups in total. The molecule has 0 aliphatic heterocycles. The van der Waals surface area contributed by atoms with E-state index in [0.717, 1.165) is 12.1 Å². The van der Waals surface area contributed by atoms with Gasteiger partial charge in [-0.05, 0) is 19.1 Å². The van der Waals surface area contributed by atoms with Crippen molar-refractivity contribution in [3.8, 4) is 0 Å². The van der Waals surface area contributed by atoms with Crippen LogP contribution in [0.25, 0.3) is 0 Å². The van der Waals surface area contributed by atoms with Crippen LogP contribution in [0.5, 0.6) is 0 Å². The number of pyridine rings is 1. The number of halogens is 4. The predicted molar refractivity (Wildman–Crippen MR) is 56.6 cm³/mol. The summed E-state index contributed by atoms with van der Waals surface area (Å²) in [6.45, 7) is 1.31. The van der Waals surface area contributed by atoms with Crippen LogP contribution >= 0.6 is 11.6 Å². The van der Waals surface area contributed by atoms with Crippen molar-refractivity contribution in [1.82, 2.24) is 4.98 Å². The van der Waals surface area contributed by atoms with Crippen LogP contribution in [-0.2, 0) is 16.0 Å². The van der Waals surface area contributed by atoms with Crippen molar-refractivity contribution < 1.29 is 21.6 Å². The molecule has 0 spiro atoms. The van der Waals surface area contributed by atoms with Gasteiger partial charge in [0.05, 0.1) is 5.25 Å². The first-order valence-corrected chi connectivity index (χ1v) is 6.62. The third-order valence-electron chi connectivity index (χ3n) is 2.05. The highest BCUT2D eigenvalue weighted by atomic mass is 35.5. The lowest BCUT2D eigenvalue weighted by atomic mass is 10.3. The quantitative estimate of drug-likeness (QED) is 0.803. The average Bonchev–Trinajstić information content (AvgIpc) is 2.27. The molecule has 1 aromatic heterocycles. The fourth-order valence-corrected chi connectivity index (χ4v) is 2.59. The molecule has 0 saturated carbocycles. The molecule has 1 unspecified atom stereocenters. The van der Waals surface area contributed by atoms with E-state index in [4.69, 9.17) is 11.6 Å². The topological polar surface area (TPSA) is 47.0 Å². The molecule has 0 bridgehead atoms. The molecule has 1 aromatic rings. The van der Waals surface area contributed by atoms with E-state index in [0.29, 0.717) is 6.07 Å². The second-order valence-electron chi connectivity index (χ2n) is 3.37. The molecule has 8 heteroatoms. The highest BCUT2D eigenvalue weighted by Gasteiger charge is 2.34. The Morgan fingerprint density at radius 3 is 2.47 bits per heavy atom. The molecule has 0 aliphatic carbocycles. The summed E-state index contributed by atoms with van der Waals surface area (Å²) in [6.07, 6.45) is -4.67. The zero-order valence-corrected chi connectivity index (χ0v) is 10.3. The maximum Gasteiger partial charge on any atom is 0.433 e. The first kappa shape index (κ1) is 14.2. The van der Waals surface area contributed by atoms with Crippen molar-refractivity contribution in [3.05, 3.63) is 23.9 Å². The minimum absolute atomic E-state index is 0.208. The van der Waals surface area contributed by atoms with Gasteiger partial charge < -0.3 is 0 Å². The van der Waals surface area contributed by atoms with E-state index in [1.165, 1.54) is 6.92 Å². The van der Waals surface area contributed by atoms with E-state index in [9.17, 15) is 21.6 Å². The van der Waals surface area contributed by atoms with Crippen molar-refractivity contribution in [2.24, 2.45) is 0 Å². The van der Waals surface area contributed by atoms with Gasteiger partial charge in [0.25, 0.3) is 0 Å². The molecule has 96 valence electrons. The number of aromatic nitrogens is 1. The first-order valence-electron chi connectivity index (χ1n) is 4.53. The van der Waals surface area contributed by atoms with E-state index < -0.39 is 32.0 Å². The summed E-state index contributed by atoms with van der Waals surface area (Å²) < 4.78 is 60.5. The standard InChI is InChI=1S/C9H9ClF3NO2S/c1-6(5-10)17(15,16)8-4-2-3-7(14-8)9(11,12)13/h2-4,6H,5H2,1H3. The zero-order valence-electron chi connectivity index (χ0n) is 8.70. The van der Waals surface area contributed by atoms with Crippen LogP contribution < -0.4 is 0 Å². The number of nitrogens with zero attached hydrogens (tertiary/aromatic N) is 1. The summed E-state index contributed by atoms with van der Waals surface area (Å²) in [6, 6.07) is 2.74. The minimum Gasteiger partial charge on any atom is -0.232 e.